The summed E-state index contributed by atoms with van der Waals surface area (Å²) in [7, 11) is 0. The van der Waals surface area contributed by atoms with Crippen LogP contribution >= 0.6 is 11.3 Å². The Morgan fingerprint density at radius 1 is 1.32 bits per heavy atom. The number of fused-ring (bicyclic) bond motifs is 1. The predicted molar refractivity (Wildman–Crippen MR) is 78.7 cm³/mol. The second-order valence-electron chi connectivity index (χ2n) is 4.19. The molecular weight excluding hydrogens is 258 g/mol. The summed E-state index contributed by atoms with van der Waals surface area (Å²) in [5.41, 5.74) is 7.88. The number of aromatic nitrogens is 2. The number of anilines is 1. The number of nitrogen functional groups attached to an aromatic ring is 1. The molecule has 4 nitrogen and oxygen atoms in total. The summed E-state index contributed by atoms with van der Waals surface area (Å²) in [4.78, 5) is 5.69. The third kappa shape index (κ3) is 2.17. The molecule has 0 amide bonds. The average molecular weight is 273 g/mol. The van der Waals surface area contributed by atoms with Gasteiger partial charge in [0, 0.05) is 4.88 Å². The van der Waals surface area contributed by atoms with E-state index >= 15 is 0 Å². The summed E-state index contributed by atoms with van der Waals surface area (Å²) in [5.74, 6) is 1.31. The van der Waals surface area contributed by atoms with Crippen molar-refractivity contribution in [1.82, 2.24) is 9.55 Å². The molecule has 0 atom stereocenters. The minimum absolute atomic E-state index is 0.524. The fourth-order valence-electron chi connectivity index (χ4n) is 2.14. The molecule has 0 radical (unpaired) electrons. The van der Waals surface area contributed by atoms with Crippen LogP contribution in [0.15, 0.2) is 35.7 Å². The number of nitrogens with two attached hydrogens (primary N) is 1. The molecule has 0 saturated heterocycles. The Bertz CT molecular complexity index is 688. The van der Waals surface area contributed by atoms with Crippen molar-refractivity contribution >= 4 is 28.3 Å². The van der Waals surface area contributed by atoms with E-state index in [1.165, 1.54) is 4.88 Å². The van der Waals surface area contributed by atoms with Crippen molar-refractivity contribution in [1.29, 1.82) is 0 Å². The van der Waals surface area contributed by atoms with Crippen molar-refractivity contribution in [2.45, 2.75) is 13.5 Å². The van der Waals surface area contributed by atoms with Gasteiger partial charge in [0.1, 0.15) is 11.3 Å². The average Bonchev–Trinajstić information content (AvgIpc) is 3.01. The monoisotopic (exact) mass is 273 g/mol. The molecule has 2 aromatic heterocycles. The molecule has 1 aromatic carbocycles. The molecule has 0 spiro atoms. The fourth-order valence-corrected chi connectivity index (χ4v) is 2.83. The van der Waals surface area contributed by atoms with Crippen LogP contribution in [0, 0.1) is 0 Å². The molecule has 3 rings (SSSR count). The number of para-hydroxylation sites is 1. The second kappa shape index (κ2) is 4.93. The first-order valence-electron chi connectivity index (χ1n) is 6.19. The lowest BCUT2D eigenvalue weighted by Crippen LogP contribution is -2.03. The van der Waals surface area contributed by atoms with Gasteiger partial charge in [-0.05, 0) is 30.5 Å². The molecule has 0 bridgehead atoms. The third-order valence-electron chi connectivity index (χ3n) is 2.97. The number of hydrogen-bond acceptors (Lipinski definition) is 4. The Hall–Kier alpha value is -2.01. The van der Waals surface area contributed by atoms with Gasteiger partial charge in [0.2, 0.25) is 5.95 Å². The van der Waals surface area contributed by atoms with Gasteiger partial charge in [-0.1, -0.05) is 12.1 Å². The molecule has 3 aromatic rings. The number of imidazole rings is 1. The number of benzene rings is 1. The number of hydrogen-bond donors (Lipinski definition) is 1. The first-order valence-corrected chi connectivity index (χ1v) is 7.07. The van der Waals surface area contributed by atoms with E-state index in [1.807, 2.05) is 35.8 Å². The van der Waals surface area contributed by atoms with Crippen molar-refractivity contribution in [3.63, 3.8) is 0 Å². The molecule has 0 fully saturated rings. The highest BCUT2D eigenvalue weighted by atomic mass is 32.1. The zero-order valence-corrected chi connectivity index (χ0v) is 11.5. The van der Waals surface area contributed by atoms with Gasteiger partial charge in [-0.2, -0.15) is 0 Å². The molecule has 19 heavy (non-hydrogen) atoms. The van der Waals surface area contributed by atoms with Crippen LogP contribution < -0.4 is 10.5 Å². The van der Waals surface area contributed by atoms with Crippen LogP contribution in [0.25, 0.3) is 11.0 Å². The number of nitrogens with zero attached hydrogens (tertiary/aromatic N) is 2. The fraction of sp³-hybridized carbons (Fsp3) is 0.214. The topological polar surface area (TPSA) is 53.1 Å². The maximum absolute atomic E-state index is 6.04. The van der Waals surface area contributed by atoms with E-state index in [0.717, 1.165) is 23.3 Å². The van der Waals surface area contributed by atoms with Crippen LogP contribution in [0.2, 0.25) is 0 Å². The maximum atomic E-state index is 6.04. The van der Waals surface area contributed by atoms with Gasteiger partial charge in [0.05, 0.1) is 18.7 Å². The smallest absolute Gasteiger partial charge is 0.201 e. The van der Waals surface area contributed by atoms with Gasteiger partial charge in [-0.15, -0.1) is 11.3 Å². The van der Waals surface area contributed by atoms with Crippen LogP contribution in [0.4, 0.5) is 5.95 Å². The minimum atomic E-state index is 0.524. The summed E-state index contributed by atoms with van der Waals surface area (Å²) < 4.78 is 7.61. The van der Waals surface area contributed by atoms with Gasteiger partial charge in [0.25, 0.3) is 0 Å². The summed E-state index contributed by atoms with van der Waals surface area (Å²) in [6.45, 7) is 3.33. The van der Waals surface area contributed by atoms with E-state index in [9.17, 15) is 0 Å². The standard InChI is InChI=1S/C14H15N3OS/c1-2-18-12-7-3-6-11-13(12)16-14(15)17(11)9-10-5-4-8-19-10/h3-8H,2,9H2,1H3,(H2,15,16). The zero-order chi connectivity index (χ0) is 13.2. The lowest BCUT2D eigenvalue weighted by Gasteiger charge is -2.06. The Balaban J connectivity index is 2.09. The molecular formula is C14H15N3OS. The molecule has 98 valence electrons. The summed E-state index contributed by atoms with van der Waals surface area (Å²) in [6, 6.07) is 10.1. The highest BCUT2D eigenvalue weighted by molar-refractivity contribution is 7.09. The normalized spacial score (nSPS) is 11.0. The minimum Gasteiger partial charge on any atom is -0.492 e. The molecule has 0 aliphatic carbocycles. The van der Waals surface area contributed by atoms with E-state index in [4.69, 9.17) is 10.5 Å². The van der Waals surface area contributed by atoms with Gasteiger partial charge < -0.3 is 15.0 Å². The Labute approximate surface area is 115 Å². The van der Waals surface area contributed by atoms with Crippen molar-refractivity contribution < 1.29 is 4.74 Å². The third-order valence-corrected chi connectivity index (χ3v) is 3.83. The van der Waals surface area contributed by atoms with Crippen molar-refractivity contribution in [2.75, 3.05) is 12.3 Å². The Kier molecular flexibility index (Phi) is 3.13. The van der Waals surface area contributed by atoms with Crippen molar-refractivity contribution in [3.8, 4) is 5.75 Å². The van der Waals surface area contributed by atoms with E-state index in [1.54, 1.807) is 11.3 Å². The largest absolute Gasteiger partial charge is 0.492 e. The van der Waals surface area contributed by atoms with E-state index in [-0.39, 0.29) is 0 Å². The van der Waals surface area contributed by atoms with E-state index in [2.05, 4.69) is 16.4 Å². The second-order valence-corrected chi connectivity index (χ2v) is 5.22. The van der Waals surface area contributed by atoms with E-state index in [0.29, 0.717) is 12.6 Å². The van der Waals surface area contributed by atoms with Crippen molar-refractivity contribution in [2.24, 2.45) is 0 Å². The SMILES string of the molecule is CCOc1cccc2c1nc(N)n2Cc1cccs1. The highest BCUT2D eigenvalue weighted by Gasteiger charge is 2.12. The van der Waals surface area contributed by atoms with Crippen molar-refractivity contribution in [3.05, 3.63) is 40.6 Å². The van der Waals surface area contributed by atoms with Crippen LogP contribution in [-0.2, 0) is 6.54 Å². The van der Waals surface area contributed by atoms with Crippen LogP contribution in [0.1, 0.15) is 11.8 Å². The first kappa shape index (κ1) is 12.0. The molecule has 0 aliphatic heterocycles. The van der Waals surface area contributed by atoms with Crippen LogP contribution in [0.5, 0.6) is 5.75 Å². The first-order chi connectivity index (χ1) is 9.29. The van der Waals surface area contributed by atoms with Gasteiger partial charge >= 0.3 is 0 Å². The van der Waals surface area contributed by atoms with Gasteiger partial charge in [0.15, 0.2) is 0 Å². The quantitative estimate of drug-likeness (QED) is 0.794. The molecule has 0 saturated carbocycles. The summed E-state index contributed by atoms with van der Waals surface area (Å²) in [6.07, 6.45) is 0. The predicted octanol–water partition coefficient (Wildman–Crippen LogP) is 3.13. The summed E-state index contributed by atoms with van der Waals surface area (Å²) in [5, 5.41) is 2.07. The molecule has 5 heteroatoms. The molecule has 0 aliphatic rings. The Morgan fingerprint density at radius 3 is 2.95 bits per heavy atom. The summed E-state index contributed by atoms with van der Waals surface area (Å²) >= 11 is 1.72. The van der Waals surface area contributed by atoms with Gasteiger partial charge in [-0.3, -0.25) is 0 Å². The number of thiophene rings is 1. The maximum Gasteiger partial charge on any atom is 0.201 e. The van der Waals surface area contributed by atoms with E-state index < -0.39 is 0 Å². The number of ether oxygens (including phenoxy) is 1. The number of rotatable bonds is 4. The molecule has 2 heterocycles. The Morgan fingerprint density at radius 2 is 2.21 bits per heavy atom. The lowest BCUT2D eigenvalue weighted by molar-refractivity contribution is 0.343. The van der Waals surface area contributed by atoms with Crippen LogP contribution in [0.3, 0.4) is 0 Å². The van der Waals surface area contributed by atoms with Gasteiger partial charge in [-0.25, -0.2) is 4.98 Å². The molecule has 2 N–H and O–H groups in total. The molecule has 0 unspecified atom stereocenters. The lowest BCUT2D eigenvalue weighted by atomic mass is 10.3. The highest BCUT2D eigenvalue weighted by Crippen LogP contribution is 2.28. The zero-order valence-electron chi connectivity index (χ0n) is 10.7. The van der Waals surface area contributed by atoms with Crippen LogP contribution in [-0.4, -0.2) is 16.2 Å².